The molecule has 2 aromatic rings. The Hall–Kier alpha value is -1.39. The Morgan fingerprint density at radius 1 is 1.28 bits per heavy atom. The normalized spacial score (nSPS) is 21.9. The van der Waals surface area contributed by atoms with Crippen LogP contribution in [0.4, 0.5) is 0 Å². The molecule has 0 amide bonds. The Morgan fingerprint density at radius 2 is 2.11 bits per heavy atom. The first kappa shape index (κ1) is 11.7. The highest BCUT2D eigenvalue weighted by atomic mass is 32.2. The summed E-state index contributed by atoms with van der Waals surface area (Å²) in [4.78, 5) is 8.73. The summed E-state index contributed by atoms with van der Waals surface area (Å²) in [5, 5.41) is 1.16. The lowest BCUT2D eigenvalue weighted by atomic mass is 10.1. The molecule has 18 heavy (non-hydrogen) atoms. The molecule has 0 aliphatic heterocycles. The molecule has 0 saturated carbocycles. The van der Waals surface area contributed by atoms with Crippen LogP contribution in [0.25, 0.3) is 0 Å². The molecule has 2 unspecified atom stereocenters. The molecule has 0 fully saturated rings. The van der Waals surface area contributed by atoms with E-state index in [9.17, 15) is 0 Å². The number of aromatic nitrogens is 2. The average molecular weight is 257 g/mol. The highest BCUT2D eigenvalue weighted by Gasteiger charge is 2.30. The standard InChI is InChI=1S/C14H15N3S/c1-9-6-7-16-14(17-9)18-12-8-10-4-2-3-5-11(10)13(12)15/h2-7,12-13H,8,15H2,1H3. The van der Waals surface area contributed by atoms with E-state index in [1.54, 1.807) is 18.0 Å². The molecule has 1 aromatic heterocycles. The van der Waals surface area contributed by atoms with E-state index < -0.39 is 0 Å². The first-order valence-corrected chi connectivity index (χ1v) is 6.92. The highest BCUT2D eigenvalue weighted by Crippen LogP contribution is 2.38. The van der Waals surface area contributed by atoms with Gasteiger partial charge < -0.3 is 5.73 Å². The Balaban J connectivity index is 1.81. The van der Waals surface area contributed by atoms with Gasteiger partial charge in [-0.3, -0.25) is 0 Å². The Kier molecular flexibility index (Phi) is 3.06. The molecule has 1 aromatic carbocycles. The zero-order chi connectivity index (χ0) is 12.5. The predicted molar refractivity (Wildman–Crippen MR) is 73.5 cm³/mol. The van der Waals surface area contributed by atoms with Crippen LogP contribution in [-0.4, -0.2) is 15.2 Å². The fourth-order valence-corrected chi connectivity index (χ4v) is 3.47. The molecule has 2 N–H and O–H groups in total. The third kappa shape index (κ3) is 2.13. The lowest BCUT2D eigenvalue weighted by Gasteiger charge is -2.14. The monoisotopic (exact) mass is 257 g/mol. The molecule has 0 saturated heterocycles. The Bertz CT molecular complexity index is 570. The van der Waals surface area contributed by atoms with Crippen molar-refractivity contribution in [1.29, 1.82) is 0 Å². The van der Waals surface area contributed by atoms with E-state index in [0.29, 0.717) is 5.25 Å². The largest absolute Gasteiger partial charge is 0.323 e. The Labute approximate surface area is 111 Å². The zero-order valence-corrected chi connectivity index (χ0v) is 11.0. The number of nitrogens with two attached hydrogens (primary N) is 1. The number of benzene rings is 1. The molecule has 4 heteroatoms. The fourth-order valence-electron chi connectivity index (χ4n) is 2.32. The van der Waals surface area contributed by atoms with Crippen molar-refractivity contribution in [2.45, 2.75) is 29.8 Å². The van der Waals surface area contributed by atoms with Gasteiger partial charge in [0.1, 0.15) is 0 Å². The van der Waals surface area contributed by atoms with Crippen molar-refractivity contribution in [3.8, 4) is 0 Å². The van der Waals surface area contributed by atoms with E-state index in [4.69, 9.17) is 5.73 Å². The highest BCUT2D eigenvalue weighted by molar-refractivity contribution is 7.99. The van der Waals surface area contributed by atoms with Gasteiger partial charge in [0, 0.05) is 23.2 Å². The number of thioether (sulfide) groups is 1. The van der Waals surface area contributed by atoms with Gasteiger partial charge in [0.2, 0.25) is 0 Å². The third-order valence-electron chi connectivity index (χ3n) is 3.27. The van der Waals surface area contributed by atoms with Crippen LogP contribution >= 0.6 is 11.8 Å². The Morgan fingerprint density at radius 3 is 2.89 bits per heavy atom. The smallest absolute Gasteiger partial charge is 0.188 e. The number of nitrogens with zero attached hydrogens (tertiary/aromatic N) is 2. The summed E-state index contributed by atoms with van der Waals surface area (Å²) in [6, 6.07) is 10.4. The van der Waals surface area contributed by atoms with Gasteiger partial charge in [0.05, 0.1) is 0 Å². The van der Waals surface area contributed by atoms with E-state index in [1.165, 1.54) is 11.1 Å². The minimum Gasteiger partial charge on any atom is -0.323 e. The van der Waals surface area contributed by atoms with Gasteiger partial charge in [-0.2, -0.15) is 0 Å². The maximum atomic E-state index is 6.30. The van der Waals surface area contributed by atoms with Crippen LogP contribution in [0, 0.1) is 6.92 Å². The van der Waals surface area contributed by atoms with Gasteiger partial charge in [0.15, 0.2) is 5.16 Å². The molecule has 1 aliphatic rings. The lowest BCUT2D eigenvalue weighted by molar-refractivity contribution is 0.727. The molecule has 3 rings (SSSR count). The van der Waals surface area contributed by atoms with E-state index in [-0.39, 0.29) is 6.04 Å². The summed E-state index contributed by atoms with van der Waals surface area (Å²) in [7, 11) is 0. The molecule has 1 aliphatic carbocycles. The topological polar surface area (TPSA) is 51.8 Å². The van der Waals surface area contributed by atoms with Crippen LogP contribution in [0.2, 0.25) is 0 Å². The van der Waals surface area contributed by atoms with Crippen LogP contribution in [-0.2, 0) is 6.42 Å². The second-order valence-corrected chi connectivity index (χ2v) is 5.77. The minimum atomic E-state index is 0.0790. The van der Waals surface area contributed by atoms with Crippen LogP contribution in [0.3, 0.4) is 0 Å². The number of rotatable bonds is 2. The summed E-state index contributed by atoms with van der Waals surface area (Å²) < 4.78 is 0. The van der Waals surface area contributed by atoms with E-state index in [2.05, 4.69) is 34.2 Å². The van der Waals surface area contributed by atoms with Gasteiger partial charge in [0.25, 0.3) is 0 Å². The van der Waals surface area contributed by atoms with Crippen molar-refractivity contribution in [2.75, 3.05) is 0 Å². The van der Waals surface area contributed by atoms with Crippen molar-refractivity contribution in [2.24, 2.45) is 5.73 Å². The molecule has 0 bridgehead atoms. The number of hydrogen-bond acceptors (Lipinski definition) is 4. The van der Waals surface area contributed by atoms with E-state index in [1.807, 2.05) is 13.0 Å². The van der Waals surface area contributed by atoms with Gasteiger partial charge >= 0.3 is 0 Å². The average Bonchev–Trinajstić information content (AvgIpc) is 2.67. The number of fused-ring (bicyclic) bond motifs is 1. The van der Waals surface area contributed by atoms with Crippen molar-refractivity contribution in [1.82, 2.24) is 9.97 Å². The van der Waals surface area contributed by atoms with Crippen molar-refractivity contribution in [3.63, 3.8) is 0 Å². The number of hydrogen-bond donors (Lipinski definition) is 1. The second-order valence-electron chi connectivity index (χ2n) is 4.57. The maximum Gasteiger partial charge on any atom is 0.188 e. The van der Waals surface area contributed by atoms with Gasteiger partial charge in [-0.1, -0.05) is 36.0 Å². The first-order chi connectivity index (χ1) is 8.74. The fraction of sp³-hybridized carbons (Fsp3) is 0.286. The molecule has 2 atom stereocenters. The van der Waals surface area contributed by atoms with Crippen molar-refractivity contribution >= 4 is 11.8 Å². The molecule has 0 radical (unpaired) electrons. The summed E-state index contributed by atoms with van der Waals surface area (Å²) in [5.74, 6) is 0. The summed E-state index contributed by atoms with van der Waals surface area (Å²) in [6.45, 7) is 1.98. The SMILES string of the molecule is Cc1ccnc(SC2Cc3ccccc3C2N)n1. The molecule has 3 nitrogen and oxygen atoms in total. The van der Waals surface area contributed by atoms with Crippen molar-refractivity contribution < 1.29 is 0 Å². The first-order valence-electron chi connectivity index (χ1n) is 6.04. The summed E-state index contributed by atoms with van der Waals surface area (Å²) in [6.07, 6.45) is 2.80. The van der Waals surface area contributed by atoms with Gasteiger partial charge in [-0.05, 0) is 30.5 Å². The maximum absolute atomic E-state index is 6.30. The van der Waals surface area contributed by atoms with Crippen LogP contribution in [0.15, 0.2) is 41.7 Å². The van der Waals surface area contributed by atoms with E-state index in [0.717, 1.165) is 17.3 Å². The second kappa shape index (κ2) is 4.71. The molecular formula is C14H15N3S. The number of aryl methyl sites for hydroxylation is 1. The molecule has 92 valence electrons. The predicted octanol–water partition coefficient (Wildman–Crippen LogP) is 2.50. The van der Waals surface area contributed by atoms with E-state index >= 15 is 0 Å². The van der Waals surface area contributed by atoms with Crippen LogP contribution in [0.5, 0.6) is 0 Å². The third-order valence-corrected chi connectivity index (χ3v) is 4.44. The van der Waals surface area contributed by atoms with Gasteiger partial charge in [-0.25, -0.2) is 9.97 Å². The molecule has 1 heterocycles. The van der Waals surface area contributed by atoms with Crippen molar-refractivity contribution in [3.05, 3.63) is 53.3 Å². The summed E-state index contributed by atoms with van der Waals surface area (Å²) >= 11 is 1.68. The lowest BCUT2D eigenvalue weighted by Crippen LogP contribution is -2.19. The minimum absolute atomic E-state index is 0.0790. The molecule has 0 spiro atoms. The quantitative estimate of drug-likeness (QED) is 0.840. The zero-order valence-electron chi connectivity index (χ0n) is 10.2. The van der Waals surface area contributed by atoms with Crippen LogP contribution < -0.4 is 5.73 Å². The van der Waals surface area contributed by atoms with Crippen LogP contribution in [0.1, 0.15) is 22.9 Å². The van der Waals surface area contributed by atoms with Gasteiger partial charge in [-0.15, -0.1) is 0 Å². The molecular weight excluding hydrogens is 242 g/mol. The summed E-state index contributed by atoms with van der Waals surface area (Å²) in [5.41, 5.74) is 9.92.